The standard InChI is InChI=1S/C17H20O5/c1-5-21-15(19)17(16(20)22-6-2)9-12-8-10(3)7-11(4)13(12)14(17)18/h7-8H,5-6,9H2,1-4H3. The highest BCUT2D eigenvalue weighted by Gasteiger charge is 2.60. The van der Waals surface area contributed by atoms with E-state index in [1.54, 1.807) is 20.8 Å². The highest BCUT2D eigenvalue weighted by atomic mass is 16.6. The maximum absolute atomic E-state index is 12.9. The third-order valence-electron chi connectivity index (χ3n) is 3.88. The van der Waals surface area contributed by atoms with Crippen LogP contribution in [0.4, 0.5) is 0 Å². The molecule has 1 aromatic rings. The lowest BCUT2D eigenvalue weighted by atomic mass is 9.83. The monoisotopic (exact) mass is 304 g/mol. The number of Topliss-reactive ketones (excluding diaryl/α,β-unsaturated/α-hetero) is 1. The van der Waals surface area contributed by atoms with Gasteiger partial charge < -0.3 is 9.47 Å². The number of rotatable bonds is 4. The average molecular weight is 304 g/mol. The van der Waals surface area contributed by atoms with E-state index in [1.807, 2.05) is 19.1 Å². The molecule has 0 saturated carbocycles. The van der Waals surface area contributed by atoms with Gasteiger partial charge in [0.1, 0.15) is 0 Å². The van der Waals surface area contributed by atoms with Crippen molar-refractivity contribution < 1.29 is 23.9 Å². The Labute approximate surface area is 129 Å². The van der Waals surface area contributed by atoms with Gasteiger partial charge in [0.25, 0.3) is 0 Å². The quantitative estimate of drug-likeness (QED) is 0.630. The molecular weight excluding hydrogens is 284 g/mol. The van der Waals surface area contributed by atoms with Gasteiger partial charge in [-0.1, -0.05) is 17.7 Å². The summed E-state index contributed by atoms with van der Waals surface area (Å²) < 4.78 is 10.0. The number of carbonyl (C=O) groups is 3. The van der Waals surface area contributed by atoms with Crippen molar-refractivity contribution in [3.63, 3.8) is 0 Å². The number of fused-ring (bicyclic) bond motifs is 1. The zero-order chi connectivity index (χ0) is 16.5. The summed E-state index contributed by atoms with van der Waals surface area (Å²) in [4.78, 5) is 37.7. The van der Waals surface area contributed by atoms with Crippen molar-refractivity contribution in [1.82, 2.24) is 0 Å². The first-order valence-electron chi connectivity index (χ1n) is 7.37. The van der Waals surface area contributed by atoms with Gasteiger partial charge in [-0.25, -0.2) is 0 Å². The highest BCUT2D eigenvalue weighted by molar-refractivity contribution is 6.28. The second-order valence-electron chi connectivity index (χ2n) is 5.47. The minimum atomic E-state index is -1.90. The Kier molecular flexibility index (Phi) is 4.35. The SMILES string of the molecule is CCOC(=O)C1(C(=O)OCC)Cc2cc(C)cc(C)c2C1=O. The van der Waals surface area contributed by atoms with E-state index in [-0.39, 0.29) is 19.6 Å². The molecular formula is C17H20O5. The molecule has 118 valence electrons. The normalized spacial score (nSPS) is 15.4. The average Bonchev–Trinajstić information content (AvgIpc) is 2.73. The molecule has 0 radical (unpaired) electrons. The van der Waals surface area contributed by atoms with Crippen LogP contribution in [0, 0.1) is 19.3 Å². The van der Waals surface area contributed by atoms with Crippen LogP contribution < -0.4 is 0 Å². The maximum atomic E-state index is 12.9. The van der Waals surface area contributed by atoms with Crippen molar-refractivity contribution in [1.29, 1.82) is 0 Å². The van der Waals surface area contributed by atoms with Gasteiger partial charge in [0.15, 0.2) is 5.78 Å². The Balaban J connectivity index is 2.58. The minimum Gasteiger partial charge on any atom is -0.465 e. The number of carbonyl (C=O) groups excluding carboxylic acids is 3. The van der Waals surface area contributed by atoms with Crippen molar-refractivity contribution in [3.05, 3.63) is 34.4 Å². The van der Waals surface area contributed by atoms with Crippen molar-refractivity contribution >= 4 is 17.7 Å². The van der Waals surface area contributed by atoms with Crippen LogP contribution in [0.15, 0.2) is 12.1 Å². The Morgan fingerprint density at radius 2 is 1.64 bits per heavy atom. The molecule has 0 saturated heterocycles. The van der Waals surface area contributed by atoms with Crippen LogP contribution in [0.25, 0.3) is 0 Å². The predicted octanol–water partition coefficient (Wildman–Crippen LogP) is 2.15. The number of ketones is 1. The van der Waals surface area contributed by atoms with Crippen molar-refractivity contribution in [2.75, 3.05) is 13.2 Å². The number of ether oxygens (including phenoxy) is 2. The van der Waals surface area contributed by atoms with Gasteiger partial charge in [-0.2, -0.15) is 0 Å². The van der Waals surface area contributed by atoms with Crippen molar-refractivity contribution in [3.8, 4) is 0 Å². The Bertz CT molecular complexity index is 627. The zero-order valence-corrected chi connectivity index (χ0v) is 13.3. The smallest absolute Gasteiger partial charge is 0.331 e. The fourth-order valence-electron chi connectivity index (χ4n) is 3.02. The van der Waals surface area contributed by atoms with Crippen LogP contribution in [0.2, 0.25) is 0 Å². The van der Waals surface area contributed by atoms with E-state index < -0.39 is 23.1 Å². The summed E-state index contributed by atoms with van der Waals surface area (Å²) in [5.41, 5.74) is 0.978. The topological polar surface area (TPSA) is 69.7 Å². The molecule has 0 spiro atoms. The molecule has 22 heavy (non-hydrogen) atoms. The van der Waals surface area contributed by atoms with Gasteiger partial charge in [0, 0.05) is 12.0 Å². The van der Waals surface area contributed by atoms with Crippen LogP contribution in [0.5, 0.6) is 0 Å². The molecule has 1 aliphatic rings. The van der Waals surface area contributed by atoms with Crippen molar-refractivity contribution in [2.45, 2.75) is 34.1 Å². The fourth-order valence-corrected chi connectivity index (χ4v) is 3.02. The summed E-state index contributed by atoms with van der Waals surface area (Å²) in [6.45, 7) is 7.18. The lowest BCUT2D eigenvalue weighted by Gasteiger charge is -2.22. The second kappa shape index (κ2) is 5.91. The van der Waals surface area contributed by atoms with Crippen molar-refractivity contribution in [2.24, 2.45) is 5.41 Å². The number of hydrogen-bond donors (Lipinski definition) is 0. The lowest BCUT2D eigenvalue weighted by Crippen LogP contribution is -2.47. The van der Waals surface area contributed by atoms with Gasteiger partial charge in [-0.3, -0.25) is 14.4 Å². The highest BCUT2D eigenvalue weighted by Crippen LogP contribution is 2.41. The first kappa shape index (κ1) is 16.2. The van der Waals surface area contributed by atoms with Crippen LogP contribution in [0.3, 0.4) is 0 Å². The zero-order valence-electron chi connectivity index (χ0n) is 13.3. The number of benzene rings is 1. The summed E-state index contributed by atoms with van der Waals surface area (Å²) in [5.74, 6) is -2.17. The molecule has 0 bridgehead atoms. The molecule has 0 atom stereocenters. The molecule has 1 aliphatic carbocycles. The maximum Gasteiger partial charge on any atom is 0.331 e. The second-order valence-corrected chi connectivity index (χ2v) is 5.47. The molecule has 0 fully saturated rings. The van der Waals surface area contributed by atoms with Crippen LogP contribution in [-0.4, -0.2) is 30.9 Å². The van der Waals surface area contributed by atoms with Gasteiger partial charge >= 0.3 is 11.9 Å². The number of hydrogen-bond acceptors (Lipinski definition) is 5. The van der Waals surface area contributed by atoms with E-state index in [1.165, 1.54) is 0 Å². The van der Waals surface area contributed by atoms with E-state index in [9.17, 15) is 14.4 Å². The predicted molar refractivity (Wildman–Crippen MR) is 79.6 cm³/mol. The summed E-state index contributed by atoms with van der Waals surface area (Å²) >= 11 is 0. The van der Waals surface area contributed by atoms with E-state index >= 15 is 0 Å². The number of esters is 2. The van der Waals surface area contributed by atoms with Gasteiger partial charge in [0.05, 0.1) is 13.2 Å². The van der Waals surface area contributed by atoms with Gasteiger partial charge in [-0.15, -0.1) is 0 Å². The Hall–Kier alpha value is -2.17. The molecule has 0 N–H and O–H groups in total. The molecule has 0 aliphatic heterocycles. The van der Waals surface area contributed by atoms with Crippen LogP contribution in [-0.2, 0) is 25.5 Å². The van der Waals surface area contributed by atoms with Gasteiger partial charge in [-0.05, 0) is 38.8 Å². The Morgan fingerprint density at radius 1 is 1.09 bits per heavy atom. The number of aryl methyl sites for hydroxylation is 2. The summed E-state index contributed by atoms with van der Waals surface area (Å²) in [5, 5.41) is 0. The fraction of sp³-hybridized carbons (Fsp3) is 0.471. The molecule has 2 rings (SSSR count). The third kappa shape index (κ3) is 2.30. The molecule has 5 heteroatoms. The third-order valence-corrected chi connectivity index (χ3v) is 3.88. The summed E-state index contributed by atoms with van der Waals surface area (Å²) in [6, 6.07) is 3.70. The molecule has 1 aromatic carbocycles. The molecule has 0 aromatic heterocycles. The van der Waals surface area contributed by atoms with Crippen LogP contribution in [0.1, 0.15) is 40.9 Å². The molecule has 0 amide bonds. The molecule has 0 unspecified atom stereocenters. The first-order valence-corrected chi connectivity index (χ1v) is 7.37. The van der Waals surface area contributed by atoms with E-state index in [0.29, 0.717) is 11.1 Å². The largest absolute Gasteiger partial charge is 0.465 e. The Morgan fingerprint density at radius 3 is 2.14 bits per heavy atom. The lowest BCUT2D eigenvalue weighted by molar-refractivity contribution is -0.167. The van der Waals surface area contributed by atoms with Crippen LogP contribution >= 0.6 is 0 Å². The summed E-state index contributed by atoms with van der Waals surface area (Å²) in [6.07, 6.45) is 0.00134. The van der Waals surface area contributed by atoms with Gasteiger partial charge in [0.2, 0.25) is 5.41 Å². The van der Waals surface area contributed by atoms with E-state index in [0.717, 1.165) is 11.1 Å². The summed E-state index contributed by atoms with van der Waals surface area (Å²) in [7, 11) is 0. The first-order chi connectivity index (χ1) is 10.4. The minimum absolute atomic E-state index is 0.00134. The van der Waals surface area contributed by atoms with E-state index in [4.69, 9.17) is 9.47 Å². The molecule has 0 heterocycles. The van der Waals surface area contributed by atoms with E-state index in [2.05, 4.69) is 0 Å². The molecule has 5 nitrogen and oxygen atoms in total.